The first-order chi connectivity index (χ1) is 8.16. The van der Waals surface area contributed by atoms with E-state index in [1.54, 1.807) is 0 Å². The van der Waals surface area contributed by atoms with Crippen LogP contribution < -0.4 is 15.8 Å². The maximum atomic E-state index is 11.5. The molecule has 4 heteroatoms. The lowest BCUT2D eigenvalue weighted by Gasteiger charge is -2.13. The van der Waals surface area contributed by atoms with Crippen LogP contribution in [0, 0.1) is 0 Å². The van der Waals surface area contributed by atoms with Crippen molar-refractivity contribution in [2.45, 2.75) is 31.8 Å². The molecule has 1 aliphatic carbocycles. The highest BCUT2D eigenvalue weighted by atomic mass is 16.5. The number of carbonyl (C=O) groups is 1. The van der Waals surface area contributed by atoms with E-state index in [-0.39, 0.29) is 18.6 Å². The highest BCUT2D eigenvalue weighted by Crippen LogP contribution is 2.23. The van der Waals surface area contributed by atoms with Gasteiger partial charge in [-0.15, -0.1) is 0 Å². The molecule has 17 heavy (non-hydrogen) atoms. The van der Waals surface area contributed by atoms with Gasteiger partial charge < -0.3 is 15.8 Å². The minimum Gasteiger partial charge on any atom is -0.483 e. The quantitative estimate of drug-likeness (QED) is 0.808. The van der Waals surface area contributed by atoms with Gasteiger partial charge in [0.15, 0.2) is 6.61 Å². The average Bonchev–Trinajstić information content (AvgIpc) is 3.10. The second kappa shape index (κ2) is 5.19. The van der Waals surface area contributed by atoms with E-state index in [1.807, 2.05) is 31.2 Å². The van der Waals surface area contributed by atoms with Gasteiger partial charge in [0, 0.05) is 17.6 Å². The fourth-order valence-corrected chi connectivity index (χ4v) is 1.63. The van der Waals surface area contributed by atoms with Crippen LogP contribution in [-0.4, -0.2) is 18.6 Å². The van der Waals surface area contributed by atoms with E-state index in [1.165, 1.54) is 0 Å². The molecule has 0 heterocycles. The number of benzene rings is 1. The van der Waals surface area contributed by atoms with Crippen molar-refractivity contribution in [1.29, 1.82) is 0 Å². The van der Waals surface area contributed by atoms with Crippen molar-refractivity contribution in [3.63, 3.8) is 0 Å². The minimum atomic E-state index is -0.0994. The van der Waals surface area contributed by atoms with E-state index in [4.69, 9.17) is 10.5 Å². The number of nitrogens with two attached hydrogens (primary N) is 1. The molecule has 0 spiro atoms. The molecule has 1 saturated carbocycles. The molecule has 1 aromatic rings. The fraction of sp³-hybridized carbons (Fsp3) is 0.462. The van der Waals surface area contributed by atoms with Gasteiger partial charge in [0.05, 0.1) is 0 Å². The normalized spacial score (nSPS) is 16.4. The number of hydrogen-bond acceptors (Lipinski definition) is 3. The van der Waals surface area contributed by atoms with Gasteiger partial charge in [-0.2, -0.15) is 0 Å². The van der Waals surface area contributed by atoms with Gasteiger partial charge in [-0.3, -0.25) is 4.79 Å². The fourth-order valence-electron chi connectivity index (χ4n) is 1.63. The molecule has 92 valence electrons. The molecule has 1 unspecified atom stereocenters. The number of nitrogens with one attached hydrogen (secondary N) is 1. The Balaban J connectivity index is 1.90. The minimum absolute atomic E-state index is 0.0558. The third kappa shape index (κ3) is 3.46. The maximum absolute atomic E-state index is 11.5. The first-order valence-electron chi connectivity index (χ1n) is 5.93. The first-order valence-corrected chi connectivity index (χ1v) is 5.93. The summed E-state index contributed by atoms with van der Waals surface area (Å²) in [5, 5.41) is 2.88. The van der Waals surface area contributed by atoms with Gasteiger partial charge in [0.25, 0.3) is 5.91 Å². The predicted octanol–water partition coefficient (Wildman–Crippen LogP) is 1.36. The Morgan fingerprint density at radius 3 is 2.88 bits per heavy atom. The molecule has 0 aliphatic heterocycles. The Morgan fingerprint density at radius 2 is 2.24 bits per heavy atom. The van der Waals surface area contributed by atoms with Crippen molar-refractivity contribution in [2.75, 3.05) is 6.61 Å². The van der Waals surface area contributed by atoms with Gasteiger partial charge in [0.1, 0.15) is 5.75 Å². The standard InChI is InChI=1S/C13H18N2O2/c1-9(14)11-4-2-3-5-12(11)17-8-13(16)15-10-6-7-10/h2-5,9-10H,6-8,14H2,1H3,(H,15,16). The van der Waals surface area contributed by atoms with E-state index < -0.39 is 0 Å². The number of ether oxygens (including phenoxy) is 1. The summed E-state index contributed by atoms with van der Waals surface area (Å²) in [5.74, 6) is 0.625. The van der Waals surface area contributed by atoms with Gasteiger partial charge >= 0.3 is 0 Å². The molecule has 1 aromatic carbocycles. The highest BCUT2D eigenvalue weighted by molar-refractivity contribution is 5.78. The number of rotatable bonds is 5. The molecule has 2 rings (SSSR count). The smallest absolute Gasteiger partial charge is 0.258 e. The maximum Gasteiger partial charge on any atom is 0.258 e. The summed E-state index contributed by atoms with van der Waals surface area (Å²) in [6.45, 7) is 1.95. The zero-order valence-corrected chi connectivity index (χ0v) is 9.98. The largest absolute Gasteiger partial charge is 0.483 e. The van der Waals surface area contributed by atoms with Gasteiger partial charge in [0.2, 0.25) is 0 Å². The lowest BCUT2D eigenvalue weighted by atomic mass is 10.1. The molecular weight excluding hydrogens is 216 g/mol. The van der Waals surface area contributed by atoms with Crippen molar-refractivity contribution < 1.29 is 9.53 Å². The van der Waals surface area contributed by atoms with Crippen LogP contribution in [0.1, 0.15) is 31.4 Å². The molecule has 4 nitrogen and oxygen atoms in total. The van der Waals surface area contributed by atoms with Crippen LogP contribution in [0.25, 0.3) is 0 Å². The van der Waals surface area contributed by atoms with Crippen molar-refractivity contribution in [2.24, 2.45) is 5.73 Å². The summed E-state index contributed by atoms with van der Waals surface area (Å²) in [4.78, 5) is 11.5. The summed E-state index contributed by atoms with van der Waals surface area (Å²) in [6, 6.07) is 7.81. The highest BCUT2D eigenvalue weighted by Gasteiger charge is 2.23. The van der Waals surface area contributed by atoms with Gasteiger partial charge in [-0.25, -0.2) is 0 Å². The van der Waals surface area contributed by atoms with E-state index in [9.17, 15) is 4.79 Å². The van der Waals surface area contributed by atoms with E-state index >= 15 is 0 Å². The van der Waals surface area contributed by atoms with Crippen LogP contribution in [0.5, 0.6) is 5.75 Å². The van der Waals surface area contributed by atoms with Gasteiger partial charge in [-0.05, 0) is 25.8 Å². The monoisotopic (exact) mass is 234 g/mol. The Morgan fingerprint density at radius 1 is 1.53 bits per heavy atom. The SMILES string of the molecule is CC(N)c1ccccc1OCC(=O)NC1CC1. The van der Waals surface area contributed by atoms with E-state index in [2.05, 4.69) is 5.32 Å². The number of hydrogen-bond donors (Lipinski definition) is 2. The molecule has 1 aliphatic rings. The zero-order chi connectivity index (χ0) is 12.3. The number of carbonyl (C=O) groups excluding carboxylic acids is 1. The van der Waals surface area contributed by atoms with Crippen molar-refractivity contribution in [1.82, 2.24) is 5.32 Å². The molecule has 0 saturated heterocycles. The summed E-state index contributed by atoms with van der Waals surface area (Å²) >= 11 is 0. The second-order valence-electron chi connectivity index (χ2n) is 4.46. The average molecular weight is 234 g/mol. The molecule has 1 atom stereocenters. The molecule has 3 N–H and O–H groups in total. The summed E-state index contributed by atoms with van der Waals surface area (Å²) in [6.07, 6.45) is 2.17. The lowest BCUT2D eigenvalue weighted by molar-refractivity contribution is -0.123. The molecular formula is C13H18N2O2. The van der Waals surface area contributed by atoms with Crippen LogP contribution in [0.2, 0.25) is 0 Å². The Labute approximate surface area is 101 Å². The summed E-state index contributed by atoms with van der Waals surface area (Å²) in [5.41, 5.74) is 6.75. The summed E-state index contributed by atoms with van der Waals surface area (Å²) in [7, 11) is 0. The van der Waals surface area contributed by atoms with Crippen LogP contribution in [0.15, 0.2) is 24.3 Å². The van der Waals surface area contributed by atoms with Crippen LogP contribution >= 0.6 is 0 Å². The topological polar surface area (TPSA) is 64.3 Å². The van der Waals surface area contributed by atoms with Crippen LogP contribution in [0.3, 0.4) is 0 Å². The third-order valence-electron chi connectivity index (χ3n) is 2.71. The lowest BCUT2D eigenvalue weighted by Crippen LogP contribution is -2.30. The second-order valence-corrected chi connectivity index (χ2v) is 4.46. The predicted molar refractivity (Wildman–Crippen MR) is 65.7 cm³/mol. The molecule has 0 radical (unpaired) electrons. The first kappa shape index (κ1) is 11.9. The Hall–Kier alpha value is -1.55. The van der Waals surface area contributed by atoms with Crippen LogP contribution in [-0.2, 0) is 4.79 Å². The summed E-state index contributed by atoms with van der Waals surface area (Å²) < 4.78 is 5.50. The third-order valence-corrected chi connectivity index (χ3v) is 2.71. The van der Waals surface area contributed by atoms with Crippen molar-refractivity contribution >= 4 is 5.91 Å². The molecule has 0 bridgehead atoms. The van der Waals surface area contributed by atoms with E-state index in [0.717, 1.165) is 18.4 Å². The molecule has 0 aromatic heterocycles. The van der Waals surface area contributed by atoms with Gasteiger partial charge in [-0.1, -0.05) is 18.2 Å². The van der Waals surface area contributed by atoms with E-state index in [0.29, 0.717) is 11.8 Å². The van der Waals surface area contributed by atoms with Crippen molar-refractivity contribution in [3.05, 3.63) is 29.8 Å². The molecule has 1 fully saturated rings. The van der Waals surface area contributed by atoms with Crippen molar-refractivity contribution in [3.8, 4) is 5.75 Å². The van der Waals surface area contributed by atoms with Crippen LogP contribution in [0.4, 0.5) is 0 Å². The molecule has 1 amide bonds. The number of amides is 1. The Kier molecular flexibility index (Phi) is 3.64. The zero-order valence-electron chi connectivity index (χ0n) is 9.98. The Bertz CT molecular complexity index is 400. The number of para-hydroxylation sites is 1.